The van der Waals surface area contributed by atoms with Crippen LogP contribution in [0.1, 0.15) is 49.7 Å². The molecule has 1 unspecified atom stereocenters. The van der Waals surface area contributed by atoms with E-state index in [1.807, 2.05) is 6.92 Å². The van der Waals surface area contributed by atoms with Crippen molar-refractivity contribution >= 4 is 18.3 Å². The molecule has 0 heterocycles. The van der Waals surface area contributed by atoms with Gasteiger partial charge in [-0.15, -0.1) is 0 Å². The summed E-state index contributed by atoms with van der Waals surface area (Å²) in [7, 11) is 1.49. The average Bonchev–Trinajstić information content (AvgIpc) is 2.46. The van der Waals surface area contributed by atoms with Crippen molar-refractivity contribution < 1.29 is 19.1 Å². The summed E-state index contributed by atoms with van der Waals surface area (Å²) in [5.74, 6) is -0.223. The largest absolute Gasteiger partial charge is 0.444 e. The standard InChI is InChI=1S/C17H24N2O4/c1-6-18-15(21)13-9-7-8-12(10-13)14(11-20)19(5)16(22)23-17(2,3)4/h7-11,14H,6H2,1-5H3,(H,18,21). The van der Waals surface area contributed by atoms with Crippen LogP contribution in [-0.4, -0.2) is 42.4 Å². The van der Waals surface area contributed by atoms with E-state index in [1.165, 1.54) is 11.9 Å². The normalized spacial score (nSPS) is 12.2. The Morgan fingerprint density at radius 1 is 1.35 bits per heavy atom. The molecule has 126 valence electrons. The van der Waals surface area contributed by atoms with Crippen molar-refractivity contribution in [2.45, 2.75) is 39.3 Å². The minimum absolute atomic E-state index is 0.223. The third-order valence-electron chi connectivity index (χ3n) is 3.06. The van der Waals surface area contributed by atoms with Gasteiger partial charge in [0.05, 0.1) is 0 Å². The third-order valence-corrected chi connectivity index (χ3v) is 3.06. The molecule has 0 radical (unpaired) electrons. The zero-order chi connectivity index (χ0) is 17.6. The monoisotopic (exact) mass is 320 g/mol. The fraction of sp³-hybridized carbons (Fsp3) is 0.471. The maximum Gasteiger partial charge on any atom is 0.410 e. The van der Waals surface area contributed by atoms with Gasteiger partial charge in [0.15, 0.2) is 0 Å². The number of nitrogens with one attached hydrogen (secondary N) is 1. The Labute approximate surface area is 136 Å². The van der Waals surface area contributed by atoms with Gasteiger partial charge >= 0.3 is 6.09 Å². The van der Waals surface area contributed by atoms with E-state index in [9.17, 15) is 14.4 Å². The van der Waals surface area contributed by atoms with Gasteiger partial charge in [-0.2, -0.15) is 0 Å². The first-order valence-corrected chi connectivity index (χ1v) is 7.49. The van der Waals surface area contributed by atoms with Gasteiger partial charge in [0.2, 0.25) is 0 Å². The molecular weight excluding hydrogens is 296 g/mol. The van der Waals surface area contributed by atoms with Gasteiger partial charge < -0.3 is 14.8 Å². The van der Waals surface area contributed by atoms with Crippen LogP contribution in [0, 0.1) is 0 Å². The topological polar surface area (TPSA) is 75.7 Å². The van der Waals surface area contributed by atoms with Gasteiger partial charge in [-0.05, 0) is 45.4 Å². The van der Waals surface area contributed by atoms with E-state index >= 15 is 0 Å². The van der Waals surface area contributed by atoms with Crippen LogP contribution in [0.15, 0.2) is 24.3 Å². The molecule has 0 aliphatic rings. The summed E-state index contributed by atoms with van der Waals surface area (Å²) in [6, 6.07) is 5.82. The molecule has 2 amide bonds. The number of hydrogen-bond donors (Lipinski definition) is 1. The summed E-state index contributed by atoms with van der Waals surface area (Å²) in [6.07, 6.45) is 0.0545. The van der Waals surface area contributed by atoms with E-state index < -0.39 is 17.7 Å². The lowest BCUT2D eigenvalue weighted by atomic mass is 10.0. The van der Waals surface area contributed by atoms with Gasteiger partial charge in [-0.25, -0.2) is 4.79 Å². The number of benzene rings is 1. The van der Waals surface area contributed by atoms with Crippen LogP contribution in [0.5, 0.6) is 0 Å². The van der Waals surface area contributed by atoms with Gasteiger partial charge in [0.25, 0.3) is 5.91 Å². The van der Waals surface area contributed by atoms with Crippen molar-refractivity contribution in [1.29, 1.82) is 0 Å². The van der Waals surface area contributed by atoms with E-state index in [2.05, 4.69) is 5.32 Å². The Kier molecular flexibility index (Phi) is 6.30. The fourth-order valence-electron chi connectivity index (χ4n) is 1.97. The molecule has 1 rings (SSSR count). The molecule has 0 saturated carbocycles. The van der Waals surface area contributed by atoms with E-state index in [0.29, 0.717) is 24.0 Å². The molecule has 0 aliphatic heterocycles. The molecule has 0 aromatic heterocycles. The predicted molar refractivity (Wildman–Crippen MR) is 87.3 cm³/mol. The smallest absolute Gasteiger partial charge is 0.410 e. The lowest BCUT2D eigenvalue weighted by Gasteiger charge is -2.28. The van der Waals surface area contributed by atoms with Crippen LogP contribution in [-0.2, 0) is 9.53 Å². The summed E-state index contributed by atoms with van der Waals surface area (Å²) >= 11 is 0. The Morgan fingerprint density at radius 3 is 2.52 bits per heavy atom. The second-order valence-electron chi connectivity index (χ2n) is 6.16. The molecule has 6 nitrogen and oxygen atoms in total. The van der Waals surface area contributed by atoms with Crippen molar-refractivity contribution in [3.63, 3.8) is 0 Å². The first-order chi connectivity index (χ1) is 10.7. The molecule has 1 aromatic rings. The van der Waals surface area contributed by atoms with Crippen molar-refractivity contribution in [3.05, 3.63) is 35.4 Å². The quantitative estimate of drug-likeness (QED) is 0.846. The van der Waals surface area contributed by atoms with Gasteiger partial charge in [-0.3, -0.25) is 9.69 Å². The minimum atomic E-state index is -0.820. The van der Waals surface area contributed by atoms with Gasteiger partial charge in [-0.1, -0.05) is 12.1 Å². The van der Waals surface area contributed by atoms with Crippen LogP contribution < -0.4 is 5.32 Å². The second-order valence-corrected chi connectivity index (χ2v) is 6.16. The number of nitrogens with zero attached hydrogens (tertiary/aromatic N) is 1. The zero-order valence-electron chi connectivity index (χ0n) is 14.3. The van der Waals surface area contributed by atoms with Crippen LogP contribution in [0.25, 0.3) is 0 Å². The summed E-state index contributed by atoms with van der Waals surface area (Å²) in [6.45, 7) is 7.60. The lowest BCUT2D eigenvalue weighted by Crippen LogP contribution is -2.37. The number of aldehydes is 1. The summed E-state index contributed by atoms with van der Waals surface area (Å²) < 4.78 is 5.27. The molecule has 1 aromatic carbocycles. The van der Waals surface area contributed by atoms with E-state index in [0.717, 1.165) is 0 Å². The fourth-order valence-corrected chi connectivity index (χ4v) is 1.97. The Hall–Kier alpha value is -2.37. The van der Waals surface area contributed by atoms with Crippen LogP contribution >= 0.6 is 0 Å². The maximum absolute atomic E-state index is 12.1. The number of likely N-dealkylation sites (N-methyl/N-ethyl adjacent to an activating group) is 1. The van der Waals surface area contributed by atoms with Crippen molar-refractivity contribution in [3.8, 4) is 0 Å². The minimum Gasteiger partial charge on any atom is -0.444 e. The number of amides is 2. The van der Waals surface area contributed by atoms with Crippen molar-refractivity contribution in [2.24, 2.45) is 0 Å². The number of rotatable bonds is 5. The van der Waals surface area contributed by atoms with Crippen molar-refractivity contribution in [1.82, 2.24) is 10.2 Å². The SMILES string of the molecule is CCNC(=O)c1cccc(C(C=O)N(C)C(=O)OC(C)(C)C)c1. The van der Waals surface area contributed by atoms with E-state index in [4.69, 9.17) is 4.74 Å². The highest BCUT2D eigenvalue weighted by atomic mass is 16.6. The zero-order valence-corrected chi connectivity index (χ0v) is 14.3. The predicted octanol–water partition coefficient (Wildman–Crippen LogP) is 2.54. The first kappa shape index (κ1) is 18.7. The molecule has 0 fully saturated rings. The number of carbonyl (C=O) groups excluding carboxylic acids is 3. The molecule has 0 saturated heterocycles. The number of ether oxygens (including phenoxy) is 1. The highest BCUT2D eigenvalue weighted by Crippen LogP contribution is 2.21. The van der Waals surface area contributed by atoms with Crippen LogP contribution in [0.3, 0.4) is 0 Å². The van der Waals surface area contributed by atoms with E-state index in [-0.39, 0.29) is 5.91 Å². The molecule has 1 N–H and O–H groups in total. The Balaban J connectivity index is 3.01. The van der Waals surface area contributed by atoms with Gasteiger partial charge in [0, 0.05) is 19.2 Å². The highest BCUT2D eigenvalue weighted by Gasteiger charge is 2.26. The Morgan fingerprint density at radius 2 is 2.00 bits per heavy atom. The molecule has 23 heavy (non-hydrogen) atoms. The molecule has 0 spiro atoms. The van der Waals surface area contributed by atoms with Crippen LogP contribution in [0.4, 0.5) is 4.79 Å². The highest BCUT2D eigenvalue weighted by molar-refractivity contribution is 5.94. The molecular formula is C17H24N2O4. The van der Waals surface area contributed by atoms with Gasteiger partial charge in [0.1, 0.15) is 17.9 Å². The van der Waals surface area contributed by atoms with Crippen LogP contribution in [0.2, 0.25) is 0 Å². The number of hydrogen-bond acceptors (Lipinski definition) is 4. The molecule has 0 bridgehead atoms. The molecule has 0 aliphatic carbocycles. The van der Waals surface area contributed by atoms with E-state index in [1.54, 1.807) is 45.0 Å². The first-order valence-electron chi connectivity index (χ1n) is 7.49. The summed E-state index contributed by atoms with van der Waals surface area (Å²) in [5.41, 5.74) is 0.340. The van der Waals surface area contributed by atoms with Crippen molar-refractivity contribution in [2.75, 3.05) is 13.6 Å². The average molecular weight is 320 g/mol. The summed E-state index contributed by atoms with van der Waals surface area (Å²) in [5, 5.41) is 2.70. The second kappa shape index (κ2) is 7.76. The summed E-state index contributed by atoms with van der Waals surface area (Å²) in [4.78, 5) is 36.7. The Bertz CT molecular complexity index is 578. The third kappa shape index (κ3) is 5.39. The lowest BCUT2D eigenvalue weighted by molar-refractivity contribution is -0.112. The number of carbonyl (C=O) groups is 3. The maximum atomic E-state index is 12.1. The molecule has 1 atom stereocenters. The molecule has 6 heteroatoms.